The summed E-state index contributed by atoms with van der Waals surface area (Å²) in [7, 11) is 1.46. The molecule has 0 aromatic carbocycles. The summed E-state index contributed by atoms with van der Waals surface area (Å²) in [6.45, 7) is 4.23. The molecule has 2 unspecified atom stereocenters. The van der Waals surface area contributed by atoms with Gasteiger partial charge < -0.3 is 15.0 Å². The van der Waals surface area contributed by atoms with Crippen molar-refractivity contribution >= 4 is 34.4 Å². The number of amidine groups is 1. The number of ether oxygens (including phenoxy) is 1. The van der Waals surface area contributed by atoms with Gasteiger partial charge in [-0.1, -0.05) is 6.92 Å². The fourth-order valence-corrected chi connectivity index (χ4v) is 4.66. The minimum absolute atomic E-state index is 0.0570. The molecule has 4 rings (SSSR count). The van der Waals surface area contributed by atoms with E-state index in [1.165, 1.54) is 32.9 Å². The molecule has 42 heavy (non-hydrogen) atoms. The molecular weight excluding hydrogens is 575 g/mol. The van der Waals surface area contributed by atoms with Gasteiger partial charge in [0.1, 0.15) is 36.0 Å². The summed E-state index contributed by atoms with van der Waals surface area (Å²) in [5.74, 6) is 0.782. The Labute approximate surface area is 242 Å². The highest BCUT2D eigenvalue weighted by molar-refractivity contribution is 7.85. The van der Waals surface area contributed by atoms with E-state index in [2.05, 4.69) is 40.2 Å². The van der Waals surface area contributed by atoms with Gasteiger partial charge in [0, 0.05) is 31.1 Å². The summed E-state index contributed by atoms with van der Waals surface area (Å²) in [6.07, 6.45) is 1.84. The Bertz CT molecular complexity index is 1500. The van der Waals surface area contributed by atoms with Crippen LogP contribution in [0.5, 0.6) is 5.88 Å². The number of nitrogens with one attached hydrogen (secondary N) is 1. The summed E-state index contributed by atoms with van der Waals surface area (Å²) in [5.41, 5.74) is 1.37. The van der Waals surface area contributed by atoms with Gasteiger partial charge in [0.2, 0.25) is 5.88 Å². The quantitative estimate of drug-likeness (QED) is 0.194. The number of nitrogens with zero attached hydrogens (tertiary/aromatic N) is 8. The molecule has 224 valence electrons. The van der Waals surface area contributed by atoms with Crippen molar-refractivity contribution in [2.75, 3.05) is 30.1 Å². The zero-order valence-electron chi connectivity index (χ0n) is 23.6. The number of hydrogen-bond acceptors (Lipinski definition) is 11. The van der Waals surface area contributed by atoms with E-state index in [1.54, 1.807) is 13.8 Å². The minimum atomic E-state index is -4.58. The predicted octanol–water partition coefficient (Wildman–Crippen LogP) is 3.64. The molecule has 3 aromatic heterocycles. The largest absolute Gasteiger partial charge is 0.480 e. The highest BCUT2D eigenvalue weighted by Gasteiger charge is 2.40. The van der Waals surface area contributed by atoms with Crippen molar-refractivity contribution in [2.24, 2.45) is 4.99 Å². The zero-order valence-corrected chi connectivity index (χ0v) is 24.5. The summed E-state index contributed by atoms with van der Waals surface area (Å²) < 4.78 is 58.8. The highest BCUT2D eigenvalue weighted by Crippen LogP contribution is 2.45. The summed E-state index contributed by atoms with van der Waals surface area (Å²) in [4.78, 5) is 43.4. The maximum Gasteiger partial charge on any atom is 0.408 e. The third kappa shape index (κ3) is 6.86. The van der Waals surface area contributed by atoms with Crippen molar-refractivity contribution < 1.29 is 26.9 Å². The van der Waals surface area contributed by atoms with Crippen LogP contribution in [0.2, 0.25) is 0 Å². The summed E-state index contributed by atoms with van der Waals surface area (Å²) in [6, 6.07) is -1.94. The van der Waals surface area contributed by atoms with Gasteiger partial charge in [0.15, 0.2) is 23.8 Å². The van der Waals surface area contributed by atoms with E-state index in [0.717, 1.165) is 24.7 Å². The van der Waals surface area contributed by atoms with Gasteiger partial charge in [-0.2, -0.15) is 13.2 Å². The molecule has 0 radical (unpaired) electrons. The Balaban J connectivity index is 1.75. The van der Waals surface area contributed by atoms with Gasteiger partial charge >= 0.3 is 6.18 Å². The molecule has 2 atom stereocenters. The first-order valence-electron chi connectivity index (χ1n) is 13.0. The lowest BCUT2D eigenvalue weighted by molar-refractivity contribution is -0.144. The second kappa shape index (κ2) is 12.8. The number of rotatable bonds is 11. The lowest BCUT2D eigenvalue weighted by Crippen LogP contribution is -2.42. The molecular formula is C26H30F3N9O3S. The fourth-order valence-electron chi connectivity index (χ4n) is 3.99. The smallest absolute Gasteiger partial charge is 0.408 e. The van der Waals surface area contributed by atoms with E-state index in [1.807, 2.05) is 0 Å². The van der Waals surface area contributed by atoms with Crippen LogP contribution in [0.4, 0.5) is 24.7 Å². The molecule has 0 spiro atoms. The predicted molar refractivity (Wildman–Crippen MR) is 150 cm³/mol. The van der Waals surface area contributed by atoms with E-state index >= 15 is 0 Å². The molecule has 1 aliphatic carbocycles. The molecule has 3 heterocycles. The number of aldehydes is 1. The normalized spacial score (nSPS) is 15.2. The number of hydrogen-bond donors (Lipinski definition) is 1. The van der Waals surface area contributed by atoms with Crippen molar-refractivity contribution in [1.29, 1.82) is 0 Å². The first kappa shape index (κ1) is 30.9. The molecule has 1 N–H and O–H groups in total. The van der Waals surface area contributed by atoms with Gasteiger partial charge in [-0.25, -0.2) is 29.9 Å². The SMILES string of the molecule is CCS(=O)c1cnc(CN=C(C=O)Nc2c(C)nc(-c3c(OC)ncnc3C3CC3)nc2N(C)C(C)C(F)(F)F)nc1. The van der Waals surface area contributed by atoms with Crippen molar-refractivity contribution in [1.82, 2.24) is 29.9 Å². The van der Waals surface area contributed by atoms with Gasteiger partial charge in [0.05, 0.1) is 34.2 Å². The van der Waals surface area contributed by atoms with Gasteiger partial charge in [-0.05, 0) is 26.7 Å². The molecule has 1 saturated carbocycles. The monoisotopic (exact) mass is 605 g/mol. The van der Waals surface area contributed by atoms with Crippen LogP contribution >= 0.6 is 0 Å². The number of carbonyl (C=O) groups is 1. The average molecular weight is 606 g/mol. The van der Waals surface area contributed by atoms with Crippen LogP contribution in [-0.4, -0.2) is 78.4 Å². The number of aromatic nitrogens is 6. The lowest BCUT2D eigenvalue weighted by Gasteiger charge is -2.30. The Morgan fingerprint density at radius 3 is 2.50 bits per heavy atom. The van der Waals surface area contributed by atoms with Crippen LogP contribution in [0.25, 0.3) is 11.4 Å². The third-order valence-electron chi connectivity index (χ3n) is 6.64. The molecule has 16 heteroatoms. The summed E-state index contributed by atoms with van der Waals surface area (Å²) in [5, 5.41) is 2.80. The number of aryl methyl sites for hydroxylation is 1. The van der Waals surface area contributed by atoms with Crippen LogP contribution in [0.3, 0.4) is 0 Å². The Morgan fingerprint density at radius 1 is 1.24 bits per heavy atom. The molecule has 0 amide bonds. The minimum Gasteiger partial charge on any atom is -0.480 e. The Kier molecular flexibility index (Phi) is 9.43. The number of carbonyl (C=O) groups excluding carboxylic acids is 1. The van der Waals surface area contributed by atoms with Crippen molar-refractivity contribution in [2.45, 2.75) is 63.2 Å². The van der Waals surface area contributed by atoms with Gasteiger partial charge in [-0.3, -0.25) is 14.0 Å². The van der Waals surface area contributed by atoms with E-state index in [9.17, 15) is 22.2 Å². The number of anilines is 2. The second-order valence-electron chi connectivity index (χ2n) is 9.49. The molecule has 0 aliphatic heterocycles. The van der Waals surface area contributed by atoms with Crippen molar-refractivity contribution in [3.8, 4) is 17.3 Å². The molecule has 0 bridgehead atoms. The van der Waals surface area contributed by atoms with Gasteiger partial charge in [-0.15, -0.1) is 0 Å². The van der Waals surface area contributed by atoms with Crippen LogP contribution in [0.1, 0.15) is 49.8 Å². The molecule has 3 aromatic rings. The molecule has 0 saturated heterocycles. The standard InChI is InChI=1S/C26H30F3N9O3S/c1-6-42(40)17-9-30-18(31-10-17)11-32-19(12-39)36-21-14(2)35-23(37-24(21)38(4)15(3)26(27,28)29)20-22(16-7-8-16)33-13-34-25(20)41-5/h9-10,12-13,15-16H,6-8,11H2,1-5H3,(H,32,36). The van der Waals surface area contributed by atoms with Crippen molar-refractivity contribution in [3.63, 3.8) is 0 Å². The van der Waals surface area contributed by atoms with Crippen LogP contribution < -0.4 is 15.0 Å². The number of halogens is 3. The van der Waals surface area contributed by atoms with E-state index in [0.29, 0.717) is 28.2 Å². The average Bonchev–Trinajstić information content (AvgIpc) is 3.83. The lowest BCUT2D eigenvalue weighted by atomic mass is 10.1. The first-order valence-corrected chi connectivity index (χ1v) is 14.3. The number of aliphatic imine (C=N–C) groups is 1. The van der Waals surface area contributed by atoms with E-state index in [-0.39, 0.29) is 53.0 Å². The Hall–Kier alpha value is -4.08. The fraction of sp³-hybridized carbons (Fsp3) is 0.462. The van der Waals surface area contributed by atoms with Gasteiger partial charge in [0.25, 0.3) is 0 Å². The van der Waals surface area contributed by atoms with Crippen molar-refractivity contribution in [3.05, 3.63) is 35.9 Å². The molecule has 1 aliphatic rings. The number of methoxy groups -OCH3 is 1. The summed E-state index contributed by atoms with van der Waals surface area (Å²) >= 11 is 0. The molecule has 1 fully saturated rings. The molecule has 12 nitrogen and oxygen atoms in total. The second-order valence-corrected chi connectivity index (χ2v) is 11.2. The van der Waals surface area contributed by atoms with Crippen LogP contribution in [-0.2, 0) is 22.1 Å². The van der Waals surface area contributed by atoms with E-state index < -0.39 is 23.0 Å². The highest BCUT2D eigenvalue weighted by atomic mass is 32.2. The first-order chi connectivity index (χ1) is 20.0. The number of alkyl halides is 3. The van der Waals surface area contributed by atoms with Crippen LogP contribution in [0, 0.1) is 6.92 Å². The third-order valence-corrected chi connectivity index (χ3v) is 7.91. The maximum atomic E-state index is 13.8. The van der Waals surface area contributed by atoms with E-state index in [4.69, 9.17) is 4.74 Å². The van der Waals surface area contributed by atoms with Crippen LogP contribution in [0.15, 0.2) is 28.6 Å². The zero-order chi connectivity index (χ0) is 30.6. The Morgan fingerprint density at radius 2 is 1.93 bits per heavy atom. The maximum absolute atomic E-state index is 13.8. The topological polar surface area (TPSA) is 148 Å².